The van der Waals surface area contributed by atoms with Crippen molar-refractivity contribution in [1.29, 1.82) is 0 Å². The Balaban J connectivity index is 2.77. The molecule has 2 nitrogen and oxygen atoms in total. The van der Waals surface area contributed by atoms with Crippen molar-refractivity contribution >= 4 is 0 Å². The van der Waals surface area contributed by atoms with Crippen molar-refractivity contribution in [2.45, 2.75) is 33.7 Å². The fourth-order valence-corrected chi connectivity index (χ4v) is 1.65. The number of phenols is 1. The molecule has 1 aromatic rings. The van der Waals surface area contributed by atoms with Gasteiger partial charge in [0.15, 0.2) is 0 Å². The van der Waals surface area contributed by atoms with Crippen LogP contribution in [0.5, 0.6) is 5.75 Å². The fourth-order valence-electron chi connectivity index (χ4n) is 1.65. The lowest BCUT2D eigenvalue weighted by atomic mass is 10.1. The molecule has 0 aliphatic heterocycles. The summed E-state index contributed by atoms with van der Waals surface area (Å²) in [6.45, 7) is 9.25. The van der Waals surface area contributed by atoms with E-state index in [9.17, 15) is 5.11 Å². The summed E-state index contributed by atoms with van der Waals surface area (Å²) in [6.07, 6.45) is 0.971. The number of phenolic OH excluding ortho intramolecular Hbond substituents is 1. The van der Waals surface area contributed by atoms with Crippen LogP contribution in [0.2, 0.25) is 0 Å². The minimum absolute atomic E-state index is 0.432. The molecule has 0 saturated heterocycles. The van der Waals surface area contributed by atoms with Crippen molar-refractivity contribution in [2.24, 2.45) is 0 Å². The lowest BCUT2D eigenvalue weighted by Gasteiger charge is -2.18. The van der Waals surface area contributed by atoms with E-state index in [1.165, 1.54) is 5.56 Å². The monoisotopic (exact) mass is 207 g/mol. The molecule has 0 fully saturated rings. The molecule has 0 amide bonds. The molecule has 0 spiro atoms. The molecule has 1 rings (SSSR count). The van der Waals surface area contributed by atoms with Gasteiger partial charge in [-0.3, -0.25) is 4.90 Å². The Labute approximate surface area is 92.5 Å². The first-order chi connectivity index (χ1) is 7.21. The summed E-state index contributed by atoms with van der Waals surface area (Å²) in [6, 6.07) is 6.00. The smallest absolute Gasteiger partial charge is 0.120 e. The van der Waals surface area contributed by atoms with Gasteiger partial charge in [-0.05, 0) is 31.1 Å². The Morgan fingerprint density at radius 2 is 1.80 bits per heavy atom. The number of nitrogens with zero attached hydrogens (tertiary/aromatic N) is 1. The first-order valence-electron chi connectivity index (χ1n) is 5.74. The predicted molar refractivity (Wildman–Crippen MR) is 64.1 cm³/mol. The molecule has 0 aliphatic rings. The van der Waals surface area contributed by atoms with E-state index >= 15 is 0 Å². The highest BCUT2D eigenvalue weighted by Crippen LogP contribution is 2.20. The molecule has 0 radical (unpaired) electrons. The standard InChI is InChI=1S/C13H21NO/c1-4-11-7-8-12(13(15)9-11)10-14(5-2)6-3/h7-9,15H,4-6,10H2,1-3H3. The number of aromatic hydroxyl groups is 1. The van der Waals surface area contributed by atoms with Crippen LogP contribution in [-0.2, 0) is 13.0 Å². The van der Waals surface area contributed by atoms with Crippen LogP contribution in [0.15, 0.2) is 18.2 Å². The van der Waals surface area contributed by atoms with Crippen LogP contribution >= 0.6 is 0 Å². The summed E-state index contributed by atoms with van der Waals surface area (Å²) in [5, 5.41) is 9.84. The van der Waals surface area contributed by atoms with Crippen LogP contribution in [-0.4, -0.2) is 23.1 Å². The maximum Gasteiger partial charge on any atom is 0.120 e. The van der Waals surface area contributed by atoms with Crippen molar-refractivity contribution in [3.8, 4) is 5.75 Å². The second kappa shape index (κ2) is 5.76. The Bertz CT molecular complexity index is 305. The summed E-state index contributed by atoms with van der Waals surface area (Å²) in [7, 11) is 0. The van der Waals surface area contributed by atoms with Crippen molar-refractivity contribution in [3.05, 3.63) is 29.3 Å². The van der Waals surface area contributed by atoms with Crippen LogP contribution in [0, 0.1) is 0 Å². The molecule has 0 unspecified atom stereocenters. The maximum absolute atomic E-state index is 9.84. The van der Waals surface area contributed by atoms with E-state index in [-0.39, 0.29) is 0 Å². The molecular weight excluding hydrogens is 186 g/mol. The number of hydrogen-bond acceptors (Lipinski definition) is 2. The molecule has 0 bridgehead atoms. The first kappa shape index (κ1) is 12.1. The molecule has 0 heterocycles. The lowest BCUT2D eigenvalue weighted by Crippen LogP contribution is -2.22. The zero-order chi connectivity index (χ0) is 11.3. The highest BCUT2D eigenvalue weighted by atomic mass is 16.3. The SMILES string of the molecule is CCc1ccc(CN(CC)CC)c(O)c1. The molecule has 84 valence electrons. The summed E-state index contributed by atoms with van der Waals surface area (Å²) < 4.78 is 0. The normalized spacial score (nSPS) is 10.9. The molecular formula is C13H21NO. The number of rotatable bonds is 5. The van der Waals surface area contributed by atoms with Gasteiger partial charge in [0, 0.05) is 12.1 Å². The molecule has 1 N–H and O–H groups in total. The highest BCUT2D eigenvalue weighted by Gasteiger charge is 2.05. The van der Waals surface area contributed by atoms with Gasteiger partial charge in [0.2, 0.25) is 0 Å². The van der Waals surface area contributed by atoms with Crippen LogP contribution in [0.3, 0.4) is 0 Å². The quantitative estimate of drug-likeness (QED) is 0.802. The van der Waals surface area contributed by atoms with Gasteiger partial charge in [-0.25, -0.2) is 0 Å². The Morgan fingerprint density at radius 3 is 2.27 bits per heavy atom. The van der Waals surface area contributed by atoms with E-state index in [1.807, 2.05) is 12.1 Å². The van der Waals surface area contributed by atoms with E-state index in [2.05, 4.69) is 31.7 Å². The zero-order valence-electron chi connectivity index (χ0n) is 9.95. The fraction of sp³-hybridized carbons (Fsp3) is 0.538. The van der Waals surface area contributed by atoms with Crippen molar-refractivity contribution in [1.82, 2.24) is 4.90 Å². The summed E-state index contributed by atoms with van der Waals surface area (Å²) in [5.74, 6) is 0.432. The summed E-state index contributed by atoms with van der Waals surface area (Å²) >= 11 is 0. The number of benzene rings is 1. The van der Waals surface area contributed by atoms with E-state index in [1.54, 1.807) is 0 Å². The van der Waals surface area contributed by atoms with Crippen molar-refractivity contribution in [3.63, 3.8) is 0 Å². The molecule has 0 saturated carbocycles. The van der Waals surface area contributed by atoms with Gasteiger partial charge in [0.1, 0.15) is 5.75 Å². The molecule has 15 heavy (non-hydrogen) atoms. The lowest BCUT2D eigenvalue weighted by molar-refractivity contribution is 0.291. The van der Waals surface area contributed by atoms with Gasteiger partial charge in [0.25, 0.3) is 0 Å². The molecule has 0 aliphatic carbocycles. The van der Waals surface area contributed by atoms with Crippen molar-refractivity contribution in [2.75, 3.05) is 13.1 Å². The van der Waals surface area contributed by atoms with Gasteiger partial charge in [-0.15, -0.1) is 0 Å². The van der Waals surface area contributed by atoms with E-state index < -0.39 is 0 Å². The Hall–Kier alpha value is -1.02. The van der Waals surface area contributed by atoms with Gasteiger partial charge < -0.3 is 5.11 Å². The van der Waals surface area contributed by atoms with Crippen molar-refractivity contribution < 1.29 is 5.11 Å². The third-order valence-electron chi connectivity index (χ3n) is 2.85. The van der Waals surface area contributed by atoms with Gasteiger partial charge in [0.05, 0.1) is 0 Å². The average molecular weight is 207 g/mol. The first-order valence-corrected chi connectivity index (χ1v) is 5.74. The molecule has 2 heteroatoms. The predicted octanol–water partition coefficient (Wildman–Crippen LogP) is 2.80. The van der Waals surface area contributed by atoms with Gasteiger partial charge in [-0.2, -0.15) is 0 Å². The molecule has 1 aromatic carbocycles. The Kier molecular flexibility index (Phi) is 4.63. The second-order valence-corrected chi connectivity index (χ2v) is 3.78. The minimum atomic E-state index is 0.432. The van der Waals surface area contributed by atoms with Crippen LogP contribution < -0.4 is 0 Å². The third kappa shape index (κ3) is 3.24. The largest absolute Gasteiger partial charge is 0.508 e. The average Bonchev–Trinajstić information content (AvgIpc) is 2.27. The van der Waals surface area contributed by atoms with Gasteiger partial charge >= 0.3 is 0 Å². The van der Waals surface area contributed by atoms with Crippen LogP contribution in [0.4, 0.5) is 0 Å². The third-order valence-corrected chi connectivity index (χ3v) is 2.85. The zero-order valence-corrected chi connectivity index (χ0v) is 9.95. The Morgan fingerprint density at radius 1 is 1.13 bits per heavy atom. The van der Waals surface area contributed by atoms with E-state index in [0.717, 1.165) is 31.6 Å². The van der Waals surface area contributed by atoms with Crippen LogP contribution in [0.25, 0.3) is 0 Å². The van der Waals surface area contributed by atoms with E-state index in [0.29, 0.717) is 5.75 Å². The second-order valence-electron chi connectivity index (χ2n) is 3.78. The maximum atomic E-state index is 9.84. The molecule has 0 aromatic heterocycles. The minimum Gasteiger partial charge on any atom is -0.508 e. The van der Waals surface area contributed by atoms with Gasteiger partial charge in [-0.1, -0.05) is 32.9 Å². The van der Waals surface area contributed by atoms with E-state index in [4.69, 9.17) is 0 Å². The molecule has 0 atom stereocenters. The summed E-state index contributed by atoms with van der Waals surface area (Å²) in [4.78, 5) is 2.29. The highest BCUT2D eigenvalue weighted by molar-refractivity contribution is 5.36. The number of aryl methyl sites for hydroxylation is 1. The topological polar surface area (TPSA) is 23.5 Å². The summed E-state index contributed by atoms with van der Waals surface area (Å²) in [5.41, 5.74) is 2.21. The number of hydrogen-bond donors (Lipinski definition) is 1. The van der Waals surface area contributed by atoms with Crippen LogP contribution in [0.1, 0.15) is 31.9 Å².